The van der Waals surface area contributed by atoms with Gasteiger partial charge in [-0.1, -0.05) is 49.4 Å². The van der Waals surface area contributed by atoms with E-state index in [2.05, 4.69) is 13.5 Å². The zero-order valence-corrected chi connectivity index (χ0v) is 7.36. The van der Waals surface area contributed by atoms with Gasteiger partial charge in [-0.25, -0.2) is 0 Å². The molecule has 0 saturated heterocycles. The summed E-state index contributed by atoms with van der Waals surface area (Å²) in [4.78, 5) is 0. The molecule has 1 aromatic carbocycles. The van der Waals surface area contributed by atoms with E-state index in [0.717, 1.165) is 17.0 Å². The third-order valence-electron chi connectivity index (χ3n) is 1.71. The minimum absolute atomic E-state index is 0.838. The largest absolute Gasteiger partial charge is 0.0984 e. The highest BCUT2D eigenvalue weighted by Crippen LogP contribution is 2.21. The van der Waals surface area contributed by atoms with Crippen LogP contribution in [0.3, 0.4) is 0 Å². The molecular weight excluding hydrogens is 156 g/mol. The summed E-state index contributed by atoms with van der Waals surface area (Å²) in [7, 11) is 0. The van der Waals surface area contributed by atoms with Crippen LogP contribution in [0.15, 0.2) is 24.8 Å². The summed E-state index contributed by atoms with van der Waals surface area (Å²) >= 11 is 6.04. The van der Waals surface area contributed by atoms with Crippen molar-refractivity contribution in [3.05, 3.63) is 40.9 Å². The SMILES string of the molecule is C=Cc1cccc(CC)c1Cl. The lowest BCUT2D eigenvalue weighted by molar-refractivity contribution is 1.14. The van der Waals surface area contributed by atoms with E-state index in [9.17, 15) is 0 Å². The van der Waals surface area contributed by atoms with Gasteiger partial charge in [0, 0.05) is 0 Å². The summed E-state index contributed by atoms with van der Waals surface area (Å²) < 4.78 is 0. The van der Waals surface area contributed by atoms with Crippen molar-refractivity contribution in [2.75, 3.05) is 0 Å². The third kappa shape index (κ3) is 1.63. The van der Waals surface area contributed by atoms with Gasteiger partial charge in [0.15, 0.2) is 0 Å². The zero-order valence-electron chi connectivity index (χ0n) is 6.60. The summed E-state index contributed by atoms with van der Waals surface area (Å²) in [5.41, 5.74) is 2.20. The quantitative estimate of drug-likeness (QED) is 0.631. The average molecular weight is 167 g/mol. The van der Waals surface area contributed by atoms with Gasteiger partial charge in [-0.3, -0.25) is 0 Å². The standard InChI is InChI=1S/C10H11Cl/c1-3-8-6-5-7-9(4-2)10(8)11/h3,5-7H,1,4H2,2H3. The molecule has 0 nitrogen and oxygen atoms in total. The van der Waals surface area contributed by atoms with Crippen LogP contribution in [0.4, 0.5) is 0 Å². The number of rotatable bonds is 2. The van der Waals surface area contributed by atoms with Crippen LogP contribution >= 0.6 is 11.6 Å². The van der Waals surface area contributed by atoms with Gasteiger partial charge < -0.3 is 0 Å². The molecule has 0 spiro atoms. The normalized spacial score (nSPS) is 9.64. The molecule has 0 heterocycles. The molecule has 58 valence electrons. The fourth-order valence-corrected chi connectivity index (χ4v) is 1.37. The minimum atomic E-state index is 0.838. The molecule has 1 rings (SSSR count). The molecule has 1 aromatic rings. The number of halogens is 1. The minimum Gasteiger partial charge on any atom is -0.0984 e. The Morgan fingerprint density at radius 3 is 2.82 bits per heavy atom. The number of benzene rings is 1. The first-order chi connectivity index (χ1) is 5.29. The lowest BCUT2D eigenvalue weighted by atomic mass is 10.1. The zero-order chi connectivity index (χ0) is 8.27. The lowest BCUT2D eigenvalue weighted by Gasteiger charge is -2.02. The van der Waals surface area contributed by atoms with Crippen LogP contribution in [-0.4, -0.2) is 0 Å². The fraction of sp³-hybridized carbons (Fsp3) is 0.200. The monoisotopic (exact) mass is 166 g/mol. The van der Waals surface area contributed by atoms with E-state index in [1.807, 2.05) is 18.2 Å². The molecule has 0 fully saturated rings. The van der Waals surface area contributed by atoms with Crippen molar-refractivity contribution in [3.8, 4) is 0 Å². The summed E-state index contributed by atoms with van der Waals surface area (Å²) in [5.74, 6) is 0. The molecular formula is C10H11Cl. The number of aryl methyl sites for hydroxylation is 1. The molecule has 0 aliphatic rings. The molecule has 0 aliphatic heterocycles. The first-order valence-electron chi connectivity index (χ1n) is 3.69. The predicted octanol–water partition coefficient (Wildman–Crippen LogP) is 3.55. The first-order valence-corrected chi connectivity index (χ1v) is 4.07. The van der Waals surface area contributed by atoms with Gasteiger partial charge in [0.2, 0.25) is 0 Å². The summed E-state index contributed by atoms with van der Waals surface area (Å²) in [6.07, 6.45) is 2.75. The maximum atomic E-state index is 6.04. The van der Waals surface area contributed by atoms with Crippen LogP contribution in [0.25, 0.3) is 6.08 Å². The molecule has 0 amide bonds. The van der Waals surface area contributed by atoms with Crippen LogP contribution in [0.5, 0.6) is 0 Å². The van der Waals surface area contributed by atoms with E-state index in [4.69, 9.17) is 11.6 Å². The molecule has 0 radical (unpaired) electrons. The maximum absolute atomic E-state index is 6.04. The molecule has 0 bridgehead atoms. The summed E-state index contributed by atoms with van der Waals surface area (Å²) in [6.45, 7) is 5.77. The van der Waals surface area contributed by atoms with Crippen LogP contribution in [0, 0.1) is 0 Å². The Labute approximate surface area is 72.5 Å². The van der Waals surface area contributed by atoms with Crippen molar-refractivity contribution in [1.82, 2.24) is 0 Å². The van der Waals surface area contributed by atoms with Crippen molar-refractivity contribution in [1.29, 1.82) is 0 Å². The van der Waals surface area contributed by atoms with Gasteiger partial charge in [-0.15, -0.1) is 0 Å². The van der Waals surface area contributed by atoms with Crippen LogP contribution in [0.2, 0.25) is 5.02 Å². The van der Waals surface area contributed by atoms with Gasteiger partial charge in [0.1, 0.15) is 0 Å². The molecule has 0 aromatic heterocycles. The van der Waals surface area contributed by atoms with Gasteiger partial charge in [-0.2, -0.15) is 0 Å². The van der Waals surface area contributed by atoms with Gasteiger partial charge in [0.05, 0.1) is 5.02 Å². The Balaban J connectivity index is 3.20. The second-order valence-electron chi connectivity index (χ2n) is 2.38. The Morgan fingerprint density at radius 2 is 2.27 bits per heavy atom. The highest BCUT2D eigenvalue weighted by Gasteiger charge is 1.99. The fourth-order valence-electron chi connectivity index (χ4n) is 1.03. The van der Waals surface area contributed by atoms with E-state index in [1.165, 1.54) is 5.56 Å². The van der Waals surface area contributed by atoms with Crippen LogP contribution in [-0.2, 0) is 6.42 Å². The first kappa shape index (κ1) is 8.35. The molecule has 11 heavy (non-hydrogen) atoms. The second-order valence-corrected chi connectivity index (χ2v) is 2.76. The molecule has 0 aliphatic carbocycles. The Hall–Kier alpha value is -0.750. The molecule has 0 N–H and O–H groups in total. The molecule has 0 unspecified atom stereocenters. The van der Waals surface area contributed by atoms with Gasteiger partial charge in [-0.05, 0) is 17.5 Å². The topological polar surface area (TPSA) is 0 Å². The van der Waals surface area contributed by atoms with E-state index in [-0.39, 0.29) is 0 Å². The van der Waals surface area contributed by atoms with Gasteiger partial charge >= 0.3 is 0 Å². The maximum Gasteiger partial charge on any atom is 0.0510 e. The highest BCUT2D eigenvalue weighted by atomic mass is 35.5. The van der Waals surface area contributed by atoms with Crippen molar-refractivity contribution in [3.63, 3.8) is 0 Å². The average Bonchev–Trinajstić information content (AvgIpc) is 2.05. The number of hydrogen-bond acceptors (Lipinski definition) is 0. The lowest BCUT2D eigenvalue weighted by Crippen LogP contribution is -1.83. The van der Waals surface area contributed by atoms with Crippen LogP contribution in [0.1, 0.15) is 18.1 Å². The van der Waals surface area contributed by atoms with Gasteiger partial charge in [0.25, 0.3) is 0 Å². The van der Waals surface area contributed by atoms with Crippen molar-refractivity contribution in [2.24, 2.45) is 0 Å². The highest BCUT2D eigenvalue weighted by molar-refractivity contribution is 6.32. The third-order valence-corrected chi connectivity index (χ3v) is 2.17. The summed E-state index contributed by atoms with van der Waals surface area (Å²) in [5, 5.41) is 0.838. The smallest absolute Gasteiger partial charge is 0.0510 e. The Morgan fingerprint density at radius 1 is 1.55 bits per heavy atom. The van der Waals surface area contributed by atoms with Crippen molar-refractivity contribution >= 4 is 17.7 Å². The van der Waals surface area contributed by atoms with Crippen LogP contribution < -0.4 is 0 Å². The second kappa shape index (κ2) is 3.59. The molecule has 0 saturated carbocycles. The van der Waals surface area contributed by atoms with E-state index < -0.39 is 0 Å². The van der Waals surface area contributed by atoms with E-state index in [1.54, 1.807) is 6.08 Å². The molecule has 1 heteroatoms. The Kier molecular flexibility index (Phi) is 2.72. The van der Waals surface area contributed by atoms with E-state index in [0.29, 0.717) is 0 Å². The molecule has 0 atom stereocenters. The summed E-state index contributed by atoms with van der Waals surface area (Å²) in [6, 6.07) is 6.01. The Bertz CT molecular complexity index is 264. The van der Waals surface area contributed by atoms with E-state index >= 15 is 0 Å². The van der Waals surface area contributed by atoms with Crippen molar-refractivity contribution < 1.29 is 0 Å². The van der Waals surface area contributed by atoms with Crippen molar-refractivity contribution in [2.45, 2.75) is 13.3 Å². The predicted molar refractivity (Wildman–Crippen MR) is 50.9 cm³/mol. The number of hydrogen-bond donors (Lipinski definition) is 0.